The molecule has 0 aliphatic heterocycles. The van der Waals surface area contributed by atoms with Gasteiger partial charge in [-0.05, 0) is 55.9 Å². The van der Waals surface area contributed by atoms with Crippen molar-refractivity contribution >= 4 is 17.3 Å². The van der Waals surface area contributed by atoms with E-state index < -0.39 is 5.54 Å². The number of thiophene rings is 1. The second-order valence-electron chi connectivity index (χ2n) is 6.32. The molecule has 1 fully saturated rings. The summed E-state index contributed by atoms with van der Waals surface area (Å²) in [6, 6.07) is 4.16. The van der Waals surface area contributed by atoms with Crippen LogP contribution in [0.3, 0.4) is 0 Å². The van der Waals surface area contributed by atoms with Gasteiger partial charge in [0.25, 0.3) is 0 Å². The Hall–Kier alpha value is -0.870. The van der Waals surface area contributed by atoms with E-state index in [9.17, 15) is 4.79 Å². The largest absolute Gasteiger partial charge is 0.465 e. The highest BCUT2D eigenvalue weighted by molar-refractivity contribution is 7.09. The van der Waals surface area contributed by atoms with Crippen LogP contribution in [0.25, 0.3) is 0 Å². The van der Waals surface area contributed by atoms with Crippen LogP contribution in [0.15, 0.2) is 17.5 Å². The number of carbonyl (C=O) groups excluding carboxylic acids is 1. The van der Waals surface area contributed by atoms with Gasteiger partial charge in [-0.3, -0.25) is 10.1 Å². The van der Waals surface area contributed by atoms with Gasteiger partial charge in [-0.1, -0.05) is 19.9 Å². The van der Waals surface area contributed by atoms with E-state index in [0.717, 1.165) is 38.1 Å². The molecule has 0 aromatic carbocycles. The summed E-state index contributed by atoms with van der Waals surface area (Å²) >= 11 is 1.73. The zero-order valence-corrected chi connectivity index (χ0v) is 14.2. The molecular formula is C17H27NO2S. The summed E-state index contributed by atoms with van der Waals surface area (Å²) in [6.45, 7) is 7.64. The average Bonchev–Trinajstić information content (AvgIpc) is 2.99. The summed E-state index contributed by atoms with van der Waals surface area (Å²) in [7, 11) is 0. The van der Waals surface area contributed by atoms with Crippen molar-refractivity contribution in [1.82, 2.24) is 5.32 Å². The van der Waals surface area contributed by atoms with Gasteiger partial charge in [0, 0.05) is 11.4 Å². The van der Waals surface area contributed by atoms with E-state index in [1.54, 1.807) is 11.3 Å². The van der Waals surface area contributed by atoms with Crippen LogP contribution < -0.4 is 5.32 Å². The van der Waals surface area contributed by atoms with E-state index in [2.05, 4.69) is 30.6 Å². The third-order valence-corrected chi connectivity index (χ3v) is 5.55. The summed E-state index contributed by atoms with van der Waals surface area (Å²) in [6.07, 6.45) is 3.99. The van der Waals surface area contributed by atoms with Gasteiger partial charge in [-0.25, -0.2) is 0 Å². The highest BCUT2D eigenvalue weighted by atomic mass is 32.1. The first kappa shape index (κ1) is 16.5. The summed E-state index contributed by atoms with van der Waals surface area (Å²) in [5, 5.41) is 5.59. The average molecular weight is 309 g/mol. The zero-order chi connectivity index (χ0) is 15.3. The topological polar surface area (TPSA) is 38.3 Å². The molecule has 1 N–H and O–H groups in total. The molecule has 0 atom stereocenters. The fraction of sp³-hybridized carbons (Fsp3) is 0.706. The molecule has 1 aromatic rings. The molecule has 0 bridgehead atoms. The number of rotatable bonds is 6. The minimum Gasteiger partial charge on any atom is -0.465 e. The van der Waals surface area contributed by atoms with Gasteiger partial charge >= 0.3 is 5.97 Å². The molecule has 21 heavy (non-hydrogen) atoms. The van der Waals surface area contributed by atoms with Gasteiger partial charge in [0.15, 0.2) is 0 Å². The summed E-state index contributed by atoms with van der Waals surface area (Å²) in [5.41, 5.74) is -0.481. The third kappa shape index (κ3) is 4.07. The lowest BCUT2D eigenvalue weighted by molar-refractivity contribution is -0.153. The van der Waals surface area contributed by atoms with Crippen molar-refractivity contribution in [3.05, 3.63) is 22.4 Å². The Balaban J connectivity index is 2.03. The van der Waals surface area contributed by atoms with Crippen molar-refractivity contribution in [2.75, 3.05) is 6.61 Å². The van der Waals surface area contributed by atoms with Gasteiger partial charge in [-0.2, -0.15) is 0 Å². The van der Waals surface area contributed by atoms with Crippen molar-refractivity contribution in [1.29, 1.82) is 0 Å². The highest BCUT2D eigenvalue weighted by Gasteiger charge is 2.43. The van der Waals surface area contributed by atoms with Gasteiger partial charge in [0.05, 0.1) is 6.61 Å². The predicted octanol–water partition coefficient (Wildman–Crippen LogP) is 3.99. The number of hydrogen-bond acceptors (Lipinski definition) is 4. The van der Waals surface area contributed by atoms with Crippen LogP contribution in [0, 0.1) is 11.8 Å². The maximum Gasteiger partial charge on any atom is 0.326 e. The number of hydrogen-bond donors (Lipinski definition) is 1. The maximum absolute atomic E-state index is 12.5. The number of nitrogens with one attached hydrogen (secondary N) is 1. The van der Waals surface area contributed by atoms with E-state index in [1.165, 1.54) is 4.88 Å². The molecule has 3 nitrogen and oxygen atoms in total. The Labute approximate surface area is 132 Å². The number of ether oxygens (including phenoxy) is 1. The summed E-state index contributed by atoms with van der Waals surface area (Å²) in [4.78, 5) is 13.7. The second kappa shape index (κ2) is 7.41. The van der Waals surface area contributed by atoms with Gasteiger partial charge in [-0.15, -0.1) is 11.3 Å². The molecule has 1 aliphatic rings. The molecule has 118 valence electrons. The summed E-state index contributed by atoms with van der Waals surface area (Å²) in [5.74, 6) is 1.36. The molecule has 1 aliphatic carbocycles. The molecule has 1 saturated carbocycles. The first-order chi connectivity index (χ1) is 10.1. The number of carbonyl (C=O) groups is 1. The lowest BCUT2D eigenvalue weighted by Gasteiger charge is -2.40. The Morgan fingerprint density at radius 3 is 2.71 bits per heavy atom. The van der Waals surface area contributed by atoms with Crippen molar-refractivity contribution in [3.8, 4) is 0 Å². The number of esters is 1. The second-order valence-corrected chi connectivity index (χ2v) is 7.35. The van der Waals surface area contributed by atoms with Crippen LogP contribution in [0.1, 0.15) is 51.3 Å². The van der Waals surface area contributed by atoms with E-state index in [4.69, 9.17) is 4.74 Å². The van der Waals surface area contributed by atoms with Gasteiger partial charge in [0.1, 0.15) is 5.54 Å². The van der Waals surface area contributed by atoms with Crippen LogP contribution in [-0.2, 0) is 16.1 Å². The lowest BCUT2D eigenvalue weighted by atomic mass is 9.72. The van der Waals surface area contributed by atoms with Crippen LogP contribution in [-0.4, -0.2) is 18.1 Å². The fourth-order valence-electron chi connectivity index (χ4n) is 3.19. The standard InChI is InChI=1S/C17H27NO2S/c1-4-20-16(19)17(18-12-15-6-5-11-21-15)9-7-14(8-10-17)13(2)3/h5-6,11,13-14,18H,4,7-10,12H2,1-3H3. The summed E-state index contributed by atoms with van der Waals surface area (Å²) < 4.78 is 5.35. The Morgan fingerprint density at radius 2 is 2.19 bits per heavy atom. The van der Waals surface area contributed by atoms with Crippen LogP contribution in [0.2, 0.25) is 0 Å². The SMILES string of the molecule is CCOC(=O)C1(NCc2cccs2)CCC(C(C)C)CC1. The Bertz CT molecular complexity index is 434. The van der Waals surface area contributed by atoms with Crippen LogP contribution in [0.5, 0.6) is 0 Å². The maximum atomic E-state index is 12.5. The van der Waals surface area contributed by atoms with Crippen molar-refractivity contribution in [3.63, 3.8) is 0 Å². The van der Waals surface area contributed by atoms with E-state index in [1.807, 2.05) is 13.0 Å². The normalized spacial score (nSPS) is 26.0. The van der Waals surface area contributed by atoms with Crippen molar-refractivity contribution in [2.45, 2.75) is 58.5 Å². The van der Waals surface area contributed by atoms with Crippen LogP contribution >= 0.6 is 11.3 Å². The first-order valence-electron chi connectivity index (χ1n) is 8.02. The minimum atomic E-state index is -0.481. The third-order valence-electron chi connectivity index (χ3n) is 4.67. The Morgan fingerprint density at radius 1 is 1.48 bits per heavy atom. The molecule has 1 heterocycles. The van der Waals surface area contributed by atoms with Crippen LogP contribution in [0.4, 0.5) is 0 Å². The monoisotopic (exact) mass is 309 g/mol. The molecule has 2 rings (SSSR count). The highest BCUT2D eigenvalue weighted by Crippen LogP contribution is 2.37. The molecule has 0 radical (unpaired) electrons. The van der Waals surface area contributed by atoms with Gasteiger partial charge in [0.2, 0.25) is 0 Å². The molecule has 0 unspecified atom stereocenters. The minimum absolute atomic E-state index is 0.0660. The first-order valence-corrected chi connectivity index (χ1v) is 8.90. The van der Waals surface area contributed by atoms with Crippen molar-refractivity contribution in [2.24, 2.45) is 11.8 Å². The molecule has 4 heteroatoms. The molecule has 0 spiro atoms. The molecule has 0 saturated heterocycles. The van der Waals surface area contributed by atoms with E-state index in [-0.39, 0.29) is 5.97 Å². The predicted molar refractivity (Wildman–Crippen MR) is 87.3 cm³/mol. The zero-order valence-electron chi connectivity index (χ0n) is 13.4. The van der Waals surface area contributed by atoms with Crippen molar-refractivity contribution < 1.29 is 9.53 Å². The molecule has 0 amide bonds. The fourth-order valence-corrected chi connectivity index (χ4v) is 3.84. The quantitative estimate of drug-likeness (QED) is 0.808. The molecular weight excluding hydrogens is 282 g/mol. The van der Waals surface area contributed by atoms with E-state index in [0.29, 0.717) is 12.5 Å². The van der Waals surface area contributed by atoms with Gasteiger partial charge < -0.3 is 4.74 Å². The lowest BCUT2D eigenvalue weighted by Crippen LogP contribution is -2.54. The molecule has 1 aromatic heterocycles. The Kier molecular flexibility index (Phi) is 5.82. The smallest absolute Gasteiger partial charge is 0.326 e. The van der Waals surface area contributed by atoms with E-state index >= 15 is 0 Å².